The van der Waals surface area contributed by atoms with Crippen LogP contribution in [0, 0.1) is 0 Å². The molecule has 1 nitrogen and oxygen atoms in total. The standard InChI is InChI=1S/C11H17NS/c1-11(6-3-7-11)12-8-5-10-4-2-9-13-10/h2,4,9,12H,3,5-8H2,1H3. The van der Waals surface area contributed by atoms with E-state index in [9.17, 15) is 0 Å². The summed E-state index contributed by atoms with van der Waals surface area (Å²) in [5, 5.41) is 5.79. The van der Waals surface area contributed by atoms with Gasteiger partial charge in [0.1, 0.15) is 0 Å². The molecule has 1 aromatic rings. The maximum atomic E-state index is 3.64. The zero-order chi connectivity index (χ0) is 9.15. The zero-order valence-electron chi connectivity index (χ0n) is 8.18. The number of hydrogen-bond acceptors (Lipinski definition) is 2. The molecular formula is C11H17NS. The van der Waals surface area contributed by atoms with Crippen LogP contribution < -0.4 is 5.32 Å². The summed E-state index contributed by atoms with van der Waals surface area (Å²) in [5.41, 5.74) is 0.470. The Morgan fingerprint density at radius 3 is 2.92 bits per heavy atom. The Labute approximate surface area is 84.2 Å². The summed E-state index contributed by atoms with van der Waals surface area (Å²) in [5.74, 6) is 0. The van der Waals surface area contributed by atoms with Gasteiger partial charge >= 0.3 is 0 Å². The molecule has 0 saturated heterocycles. The third-order valence-electron chi connectivity index (χ3n) is 2.96. The summed E-state index contributed by atoms with van der Waals surface area (Å²) in [7, 11) is 0. The van der Waals surface area contributed by atoms with Gasteiger partial charge in [0.25, 0.3) is 0 Å². The van der Waals surface area contributed by atoms with Crippen molar-refractivity contribution in [1.82, 2.24) is 5.32 Å². The molecule has 1 aliphatic rings. The van der Waals surface area contributed by atoms with Crippen LogP contribution in [0.3, 0.4) is 0 Å². The molecule has 0 spiro atoms. The fourth-order valence-electron chi connectivity index (χ4n) is 1.83. The zero-order valence-corrected chi connectivity index (χ0v) is 8.99. The third kappa shape index (κ3) is 2.32. The Bertz CT molecular complexity index is 249. The highest BCUT2D eigenvalue weighted by Crippen LogP contribution is 2.30. The highest BCUT2D eigenvalue weighted by atomic mass is 32.1. The molecule has 1 aromatic heterocycles. The van der Waals surface area contributed by atoms with Crippen LogP contribution in [0.15, 0.2) is 17.5 Å². The second-order valence-corrected chi connectivity index (χ2v) is 5.20. The molecule has 0 aliphatic heterocycles. The molecule has 1 N–H and O–H groups in total. The number of thiophene rings is 1. The predicted molar refractivity (Wildman–Crippen MR) is 58.3 cm³/mol. The van der Waals surface area contributed by atoms with Crippen LogP contribution in [-0.2, 0) is 6.42 Å². The van der Waals surface area contributed by atoms with Gasteiger partial charge in [-0.15, -0.1) is 11.3 Å². The Hall–Kier alpha value is -0.340. The smallest absolute Gasteiger partial charge is 0.0153 e. The van der Waals surface area contributed by atoms with Crippen molar-refractivity contribution in [3.8, 4) is 0 Å². The molecule has 0 unspecified atom stereocenters. The van der Waals surface area contributed by atoms with E-state index in [0.717, 1.165) is 6.54 Å². The molecule has 0 bridgehead atoms. The van der Waals surface area contributed by atoms with Crippen molar-refractivity contribution in [2.75, 3.05) is 6.54 Å². The first-order chi connectivity index (χ1) is 6.29. The van der Waals surface area contributed by atoms with Gasteiger partial charge in [-0.1, -0.05) is 6.07 Å². The number of rotatable bonds is 4. The molecule has 0 amide bonds. The summed E-state index contributed by atoms with van der Waals surface area (Å²) in [6.45, 7) is 3.47. The van der Waals surface area contributed by atoms with Crippen LogP contribution in [0.5, 0.6) is 0 Å². The van der Waals surface area contributed by atoms with E-state index in [4.69, 9.17) is 0 Å². The van der Waals surface area contributed by atoms with Gasteiger partial charge < -0.3 is 5.32 Å². The van der Waals surface area contributed by atoms with Gasteiger partial charge in [0.15, 0.2) is 0 Å². The van der Waals surface area contributed by atoms with Crippen molar-refractivity contribution < 1.29 is 0 Å². The van der Waals surface area contributed by atoms with E-state index in [1.165, 1.54) is 30.6 Å². The molecule has 2 heteroatoms. The second kappa shape index (κ2) is 3.81. The van der Waals surface area contributed by atoms with Gasteiger partial charge in [-0.3, -0.25) is 0 Å². The molecule has 1 aliphatic carbocycles. The lowest BCUT2D eigenvalue weighted by Crippen LogP contribution is -2.48. The third-order valence-corrected chi connectivity index (χ3v) is 3.90. The maximum Gasteiger partial charge on any atom is 0.0153 e. The lowest BCUT2D eigenvalue weighted by Gasteiger charge is -2.39. The summed E-state index contributed by atoms with van der Waals surface area (Å²) in [4.78, 5) is 1.50. The topological polar surface area (TPSA) is 12.0 Å². The average Bonchev–Trinajstić information content (AvgIpc) is 2.54. The molecule has 0 radical (unpaired) electrons. The van der Waals surface area contributed by atoms with Crippen molar-refractivity contribution in [1.29, 1.82) is 0 Å². The lowest BCUT2D eigenvalue weighted by atomic mass is 9.78. The summed E-state index contributed by atoms with van der Waals surface area (Å²) >= 11 is 1.86. The summed E-state index contributed by atoms with van der Waals surface area (Å²) in [6, 6.07) is 4.35. The van der Waals surface area contributed by atoms with E-state index in [0.29, 0.717) is 5.54 Å². The van der Waals surface area contributed by atoms with Crippen molar-refractivity contribution >= 4 is 11.3 Å². The van der Waals surface area contributed by atoms with E-state index in [1.807, 2.05) is 11.3 Å². The lowest BCUT2D eigenvalue weighted by molar-refractivity contribution is 0.210. The highest BCUT2D eigenvalue weighted by molar-refractivity contribution is 7.09. The van der Waals surface area contributed by atoms with Gasteiger partial charge in [0.2, 0.25) is 0 Å². The van der Waals surface area contributed by atoms with E-state index < -0.39 is 0 Å². The summed E-state index contributed by atoms with van der Waals surface area (Å²) in [6.07, 6.45) is 5.31. The van der Waals surface area contributed by atoms with E-state index in [-0.39, 0.29) is 0 Å². The second-order valence-electron chi connectivity index (χ2n) is 4.17. The van der Waals surface area contributed by atoms with Gasteiger partial charge in [-0.25, -0.2) is 0 Å². The quantitative estimate of drug-likeness (QED) is 0.779. The van der Waals surface area contributed by atoms with Crippen molar-refractivity contribution in [3.63, 3.8) is 0 Å². The van der Waals surface area contributed by atoms with Crippen molar-refractivity contribution in [2.45, 2.75) is 38.1 Å². The van der Waals surface area contributed by atoms with Crippen LogP contribution in [0.25, 0.3) is 0 Å². The maximum absolute atomic E-state index is 3.64. The fourth-order valence-corrected chi connectivity index (χ4v) is 2.54. The van der Waals surface area contributed by atoms with Crippen LogP contribution in [-0.4, -0.2) is 12.1 Å². The number of hydrogen-bond donors (Lipinski definition) is 1. The molecule has 72 valence electrons. The van der Waals surface area contributed by atoms with Crippen molar-refractivity contribution in [2.24, 2.45) is 0 Å². The minimum absolute atomic E-state index is 0.470. The molecular weight excluding hydrogens is 178 g/mol. The highest BCUT2D eigenvalue weighted by Gasteiger charge is 2.30. The average molecular weight is 195 g/mol. The molecule has 13 heavy (non-hydrogen) atoms. The van der Waals surface area contributed by atoms with Gasteiger partial charge in [-0.2, -0.15) is 0 Å². The van der Waals surface area contributed by atoms with Crippen molar-refractivity contribution in [3.05, 3.63) is 22.4 Å². The van der Waals surface area contributed by atoms with E-state index >= 15 is 0 Å². The normalized spacial score (nSPS) is 19.8. The Morgan fingerprint density at radius 1 is 1.54 bits per heavy atom. The Balaban J connectivity index is 1.69. The minimum atomic E-state index is 0.470. The van der Waals surface area contributed by atoms with Crippen LogP contribution in [0.2, 0.25) is 0 Å². The molecule has 0 atom stereocenters. The fraction of sp³-hybridized carbons (Fsp3) is 0.636. The van der Waals surface area contributed by atoms with Crippen LogP contribution >= 0.6 is 11.3 Å². The first-order valence-corrected chi connectivity index (χ1v) is 5.94. The Morgan fingerprint density at radius 2 is 2.38 bits per heavy atom. The molecule has 1 saturated carbocycles. The Kier molecular flexibility index (Phi) is 2.70. The van der Waals surface area contributed by atoms with Crippen LogP contribution in [0.4, 0.5) is 0 Å². The summed E-state index contributed by atoms with van der Waals surface area (Å²) < 4.78 is 0. The number of nitrogens with one attached hydrogen (secondary N) is 1. The largest absolute Gasteiger partial charge is 0.311 e. The first-order valence-electron chi connectivity index (χ1n) is 5.06. The molecule has 1 heterocycles. The SMILES string of the molecule is CC1(NCCc2cccs2)CCC1. The molecule has 0 aromatic carbocycles. The van der Waals surface area contributed by atoms with Crippen LogP contribution in [0.1, 0.15) is 31.1 Å². The van der Waals surface area contributed by atoms with Gasteiger partial charge in [-0.05, 0) is 44.1 Å². The van der Waals surface area contributed by atoms with Gasteiger partial charge in [0, 0.05) is 17.0 Å². The predicted octanol–water partition coefficient (Wildman–Crippen LogP) is 2.82. The first kappa shape index (κ1) is 9.22. The van der Waals surface area contributed by atoms with E-state index in [1.54, 1.807) is 0 Å². The minimum Gasteiger partial charge on any atom is -0.311 e. The molecule has 2 rings (SSSR count). The van der Waals surface area contributed by atoms with Gasteiger partial charge in [0.05, 0.1) is 0 Å². The van der Waals surface area contributed by atoms with E-state index in [2.05, 4.69) is 29.8 Å². The monoisotopic (exact) mass is 195 g/mol. The molecule has 1 fully saturated rings.